The highest BCUT2D eigenvalue weighted by Gasteiger charge is 2.25. The van der Waals surface area contributed by atoms with Gasteiger partial charge in [-0.1, -0.05) is 6.07 Å². The molecular weight excluding hydrogens is 294 g/mol. The molecule has 120 valence electrons. The van der Waals surface area contributed by atoms with Gasteiger partial charge in [0.25, 0.3) is 0 Å². The lowest BCUT2D eigenvalue weighted by molar-refractivity contribution is 0.0521. The van der Waals surface area contributed by atoms with E-state index in [0.29, 0.717) is 31.1 Å². The molecule has 0 saturated carbocycles. The monoisotopic (exact) mass is 313 g/mol. The Labute approximate surface area is 135 Å². The van der Waals surface area contributed by atoms with Crippen LogP contribution < -0.4 is 14.4 Å². The second-order valence-corrected chi connectivity index (χ2v) is 5.07. The standard InChI is InChI=1S/C18H19NO4/c1-3-22-18(20)15-5-4-6-16-17(15)23-12-11-19(16)13-7-9-14(21-2)10-8-13/h4-10H,3,11-12H2,1-2H3. The predicted molar refractivity (Wildman–Crippen MR) is 87.9 cm³/mol. The van der Waals surface area contributed by atoms with Crippen LogP contribution in [-0.4, -0.2) is 32.8 Å². The van der Waals surface area contributed by atoms with Crippen molar-refractivity contribution in [2.24, 2.45) is 0 Å². The van der Waals surface area contributed by atoms with E-state index in [9.17, 15) is 4.79 Å². The molecule has 5 nitrogen and oxygen atoms in total. The lowest BCUT2D eigenvalue weighted by atomic mass is 10.1. The Bertz CT molecular complexity index is 697. The van der Waals surface area contributed by atoms with Gasteiger partial charge in [0.1, 0.15) is 17.9 Å². The van der Waals surface area contributed by atoms with Gasteiger partial charge in [-0.25, -0.2) is 4.79 Å². The van der Waals surface area contributed by atoms with Gasteiger partial charge in [-0.15, -0.1) is 0 Å². The number of hydrogen-bond acceptors (Lipinski definition) is 5. The number of nitrogens with zero attached hydrogens (tertiary/aromatic N) is 1. The largest absolute Gasteiger partial charge is 0.497 e. The van der Waals surface area contributed by atoms with Crippen LogP contribution in [0.1, 0.15) is 17.3 Å². The molecule has 0 spiro atoms. The molecule has 0 aromatic heterocycles. The number of benzene rings is 2. The number of esters is 1. The van der Waals surface area contributed by atoms with E-state index in [1.54, 1.807) is 20.1 Å². The number of para-hydroxylation sites is 1. The molecule has 23 heavy (non-hydrogen) atoms. The number of carbonyl (C=O) groups excluding carboxylic acids is 1. The molecule has 0 amide bonds. The summed E-state index contributed by atoms with van der Waals surface area (Å²) in [4.78, 5) is 14.2. The summed E-state index contributed by atoms with van der Waals surface area (Å²) >= 11 is 0. The number of hydrogen-bond donors (Lipinski definition) is 0. The van der Waals surface area contributed by atoms with Crippen LogP contribution in [-0.2, 0) is 4.74 Å². The fraction of sp³-hybridized carbons (Fsp3) is 0.278. The number of ether oxygens (including phenoxy) is 3. The second-order valence-electron chi connectivity index (χ2n) is 5.07. The summed E-state index contributed by atoms with van der Waals surface area (Å²) in [6.07, 6.45) is 0. The first-order chi connectivity index (χ1) is 11.2. The first kappa shape index (κ1) is 15.2. The van der Waals surface area contributed by atoms with Crippen LogP contribution in [0.15, 0.2) is 42.5 Å². The molecule has 0 N–H and O–H groups in total. The molecule has 0 fully saturated rings. The minimum absolute atomic E-state index is 0.338. The number of anilines is 2. The van der Waals surface area contributed by atoms with E-state index in [4.69, 9.17) is 14.2 Å². The maximum atomic E-state index is 12.1. The zero-order chi connectivity index (χ0) is 16.2. The maximum absolute atomic E-state index is 12.1. The van der Waals surface area contributed by atoms with Crippen LogP contribution in [0.2, 0.25) is 0 Å². The van der Waals surface area contributed by atoms with E-state index in [2.05, 4.69) is 4.90 Å². The smallest absolute Gasteiger partial charge is 0.341 e. The SMILES string of the molecule is CCOC(=O)c1cccc2c1OCCN2c1ccc(OC)cc1. The van der Waals surface area contributed by atoms with Crippen molar-refractivity contribution in [1.29, 1.82) is 0 Å². The van der Waals surface area contributed by atoms with Gasteiger partial charge in [0.15, 0.2) is 5.75 Å². The zero-order valence-electron chi connectivity index (χ0n) is 13.2. The molecule has 0 saturated heterocycles. The minimum atomic E-state index is -0.360. The van der Waals surface area contributed by atoms with Crippen molar-refractivity contribution in [3.8, 4) is 11.5 Å². The maximum Gasteiger partial charge on any atom is 0.341 e. The lowest BCUT2D eigenvalue weighted by Gasteiger charge is -2.32. The van der Waals surface area contributed by atoms with Crippen LogP contribution in [0, 0.1) is 0 Å². The van der Waals surface area contributed by atoms with Crippen molar-refractivity contribution >= 4 is 17.3 Å². The topological polar surface area (TPSA) is 48.0 Å². The van der Waals surface area contributed by atoms with Gasteiger partial charge in [-0.05, 0) is 43.3 Å². The summed E-state index contributed by atoms with van der Waals surface area (Å²) in [6.45, 7) is 3.35. The molecular formula is C18H19NO4. The van der Waals surface area contributed by atoms with Gasteiger partial charge in [-0.2, -0.15) is 0 Å². The highest BCUT2D eigenvalue weighted by atomic mass is 16.5. The van der Waals surface area contributed by atoms with Crippen LogP contribution in [0.25, 0.3) is 0 Å². The Morgan fingerprint density at radius 1 is 1.22 bits per heavy atom. The van der Waals surface area contributed by atoms with Crippen molar-refractivity contribution < 1.29 is 19.0 Å². The van der Waals surface area contributed by atoms with Gasteiger partial charge < -0.3 is 19.1 Å². The molecule has 2 aromatic carbocycles. The summed E-state index contributed by atoms with van der Waals surface area (Å²) in [6, 6.07) is 13.3. The first-order valence-corrected chi connectivity index (χ1v) is 7.59. The van der Waals surface area contributed by atoms with E-state index in [0.717, 1.165) is 17.1 Å². The molecule has 3 rings (SSSR count). The third-order valence-corrected chi connectivity index (χ3v) is 3.73. The van der Waals surface area contributed by atoms with Crippen LogP contribution in [0.5, 0.6) is 11.5 Å². The Hall–Kier alpha value is -2.69. The van der Waals surface area contributed by atoms with E-state index in [1.807, 2.05) is 36.4 Å². The summed E-state index contributed by atoms with van der Waals surface area (Å²) in [5.74, 6) is 1.02. The average Bonchev–Trinajstić information content (AvgIpc) is 2.61. The summed E-state index contributed by atoms with van der Waals surface area (Å²) in [7, 11) is 1.64. The van der Waals surface area contributed by atoms with Gasteiger partial charge >= 0.3 is 5.97 Å². The molecule has 5 heteroatoms. The van der Waals surface area contributed by atoms with Gasteiger partial charge in [0.05, 0.1) is 25.9 Å². The predicted octanol–water partition coefficient (Wildman–Crippen LogP) is 3.40. The van der Waals surface area contributed by atoms with Crippen LogP contribution in [0.3, 0.4) is 0 Å². The minimum Gasteiger partial charge on any atom is -0.497 e. The molecule has 0 bridgehead atoms. The van der Waals surface area contributed by atoms with Crippen LogP contribution in [0.4, 0.5) is 11.4 Å². The fourth-order valence-corrected chi connectivity index (χ4v) is 2.65. The zero-order valence-corrected chi connectivity index (χ0v) is 13.2. The van der Waals surface area contributed by atoms with Gasteiger partial charge in [0, 0.05) is 5.69 Å². The quantitative estimate of drug-likeness (QED) is 0.810. The Balaban J connectivity index is 1.98. The second kappa shape index (κ2) is 6.60. The number of methoxy groups -OCH3 is 1. The number of carbonyl (C=O) groups is 1. The molecule has 1 aliphatic heterocycles. The van der Waals surface area contributed by atoms with Crippen molar-refractivity contribution in [3.63, 3.8) is 0 Å². The van der Waals surface area contributed by atoms with Crippen LogP contribution >= 0.6 is 0 Å². The summed E-state index contributed by atoms with van der Waals surface area (Å²) < 4.78 is 16.1. The highest BCUT2D eigenvalue weighted by molar-refractivity contribution is 5.95. The Kier molecular flexibility index (Phi) is 4.37. The Morgan fingerprint density at radius 3 is 2.70 bits per heavy atom. The lowest BCUT2D eigenvalue weighted by Crippen LogP contribution is -2.29. The van der Waals surface area contributed by atoms with E-state index >= 15 is 0 Å². The molecule has 1 aliphatic rings. The summed E-state index contributed by atoms with van der Waals surface area (Å²) in [5, 5.41) is 0. The third kappa shape index (κ3) is 2.95. The average molecular weight is 313 g/mol. The molecule has 0 aliphatic carbocycles. The normalized spacial score (nSPS) is 13.0. The van der Waals surface area contributed by atoms with E-state index in [-0.39, 0.29) is 5.97 Å². The first-order valence-electron chi connectivity index (χ1n) is 7.59. The third-order valence-electron chi connectivity index (χ3n) is 3.73. The number of rotatable bonds is 4. The van der Waals surface area contributed by atoms with Crippen molar-refractivity contribution in [2.45, 2.75) is 6.92 Å². The molecule has 0 unspecified atom stereocenters. The van der Waals surface area contributed by atoms with E-state index < -0.39 is 0 Å². The molecule has 0 atom stereocenters. The van der Waals surface area contributed by atoms with Crippen molar-refractivity contribution in [2.75, 3.05) is 31.8 Å². The van der Waals surface area contributed by atoms with Gasteiger partial charge in [0.2, 0.25) is 0 Å². The highest BCUT2D eigenvalue weighted by Crippen LogP contribution is 2.39. The molecule has 2 aromatic rings. The van der Waals surface area contributed by atoms with Crippen molar-refractivity contribution in [3.05, 3.63) is 48.0 Å². The fourth-order valence-electron chi connectivity index (χ4n) is 2.65. The molecule has 0 radical (unpaired) electrons. The van der Waals surface area contributed by atoms with Gasteiger partial charge in [-0.3, -0.25) is 0 Å². The number of fused-ring (bicyclic) bond motifs is 1. The Morgan fingerprint density at radius 2 is 2.00 bits per heavy atom. The van der Waals surface area contributed by atoms with E-state index in [1.165, 1.54) is 0 Å². The van der Waals surface area contributed by atoms with Crippen molar-refractivity contribution in [1.82, 2.24) is 0 Å². The summed E-state index contributed by atoms with van der Waals surface area (Å²) in [5.41, 5.74) is 2.35. The molecule has 1 heterocycles.